The molecule has 124 valence electrons. The first-order valence-electron chi connectivity index (χ1n) is 8.57. The van der Waals surface area contributed by atoms with Crippen molar-refractivity contribution in [1.29, 1.82) is 0 Å². The first-order valence-corrected chi connectivity index (χ1v) is 10.4. The number of nitrogens with zero attached hydrogens (tertiary/aromatic N) is 1. The summed E-state index contributed by atoms with van der Waals surface area (Å²) in [6.45, 7) is 0. The van der Waals surface area contributed by atoms with Crippen molar-refractivity contribution < 1.29 is 13.2 Å². The van der Waals surface area contributed by atoms with Gasteiger partial charge in [0.15, 0.2) is 15.6 Å². The summed E-state index contributed by atoms with van der Waals surface area (Å²) >= 11 is 0. The Balaban J connectivity index is 1.49. The van der Waals surface area contributed by atoms with E-state index in [1.165, 1.54) is 19.3 Å². The molecule has 5 rings (SSSR count). The second-order valence-electron chi connectivity index (χ2n) is 8.01. The first-order chi connectivity index (χ1) is 10.9. The number of aromatic nitrogens is 1. The molecule has 4 nitrogen and oxygen atoms in total. The number of sulfone groups is 1. The van der Waals surface area contributed by atoms with Crippen LogP contribution in [0.2, 0.25) is 0 Å². The van der Waals surface area contributed by atoms with E-state index in [4.69, 9.17) is 0 Å². The average molecular weight is 333 g/mol. The lowest BCUT2D eigenvalue weighted by Gasteiger charge is -2.55. The molecule has 0 unspecified atom stereocenters. The van der Waals surface area contributed by atoms with Gasteiger partial charge in [0.05, 0.1) is 5.75 Å². The fourth-order valence-electron chi connectivity index (χ4n) is 5.59. The molecule has 0 saturated heterocycles. The topological polar surface area (TPSA) is 64.1 Å². The van der Waals surface area contributed by atoms with Gasteiger partial charge in [-0.2, -0.15) is 0 Å². The number of rotatable bonds is 5. The van der Waals surface area contributed by atoms with Crippen LogP contribution in [0.4, 0.5) is 0 Å². The summed E-state index contributed by atoms with van der Waals surface area (Å²) in [5, 5.41) is 0. The van der Waals surface area contributed by atoms with Crippen LogP contribution in [0.15, 0.2) is 24.5 Å². The molecule has 1 heterocycles. The number of carbonyl (C=O) groups is 1. The summed E-state index contributed by atoms with van der Waals surface area (Å²) in [6, 6.07) is 3.48. The molecule has 4 aliphatic rings. The van der Waals surface area contributed by atoms with E-state index in [0.29, 0.717) is 23.3 Å². The minimum absolute atomic E-state index is 0.0134. The number of hydrogen-bond donors (Lipinski definition) is 0. The van der Waals surface area contributed by atoms with E-state index in [0.717, 1.165) is 19.3 Å². The zero-order valence-corrected chi connectivity index (χ0v) is 14.1. The van der Waals surface area contributed by atoms with Crippen molar-refractivity contribution in [2.45, 2.75) is 44.3 Å². The van der Waals surface area contributed by atoms with Gasteiger partial charge in [0.25, 0.3) is 0 Å². The normalized spacial score (nSPS) is 35.4. The zero-order chi connectivity index (χ0) is 16.1. The molecule has 0 aliphatic heterocycles. The van der Waals surface area contributed by atoms with E-state index in [2.05, 4.69) is 4.98 Å². The van der Waals surface area contributed by atoms with Gasteiger partial charge >= 0.3 is 0 Å². The molecule has 4 saturated carbocycles. The van der Waals surface area contributed by atoms with E-state index < -0.39 is 9.84 Å². The molecule has 1 aromatic heterocycles. The Kier molecular flexibility index (Phi) is 3.59. The third-order valence-electron chi connectivity index (χ3n) is 6.09. The summed E-state index contributed by atoms with van der Waals surface area (Å²) < 4.78 is 24.9. The van der Waals surface area contributed by atoms with Gasteiger partial charge in [0.2, 0.25) is 0 Å². The van der Waals surface area contributed by atoms with Crippen LogP contribution in [0.5, 0.6) is 0 Å². The predicted octanol–water partition coefficient (Wildman–Crippen LogP) is 2.78. The molecule has 0 aromatic carbocycles. The third-order valence-corrected chi connectivity index (χ3v) is 7.57. The van der Waals surface area contributed by atoms with Crippen LogP contribution in [0.1, 0.15) is 44.1 Å². The lowest BCUT2D eigenvalue weighted by atomic mass is 9.48. The minimum atomic E-state index is -3.42. The molecular formula is C18H23NO3S. The van der Waals surface area contributed by atoms with Crippen LogP contribution in [0.25, 0.3) is 0 Å². The number of ketones is 1. The van der Waals surface area contributed by atoms with E-state index in [9.17, 15) is 13.2 Å². The van der Waals surface area contributed by atoms with Crippen LogP contribution in [0, 0.1) is 23.2 Å². The highest BCUT2D eigenvalue weighted by atomic mass is 32.2. The molecule has 0 amide bonds. The Labute approximate surface area is 137 Å². The summed E-state index contributed by atoms with van der Waals surface area (Å²) in [5.41, 5.74) is 0.335. The molecule has 0 atom stereocenters. The largest absolute Gasteiger partial charge is 0.298 e. The van der Waals surface area contributed by atoms with E-state index in [1.807, 2.05) is 0 Å². The van der Waals surface area contributed by atoms with Crippen LogP contribution < -0.4 is 0 Å². The smallest absolute Gasteiger partial charge is 0.161 e. The van der Waals surface area contributed by atoms with Gasteiger partial charge in [-0.1, -0.05) is 6.07 Å². The first kappa shape index (κ1) is 15.3. The van der Waals surface area contributed by atoms with Crippen molar-refractivity contribution in [3.8, 4) is 0 Å². The van der Waals surface area contributed by atoms with Crippen molar-refractivity contribution in [3.05, 3.63) is 30.1 Å². The SMILES string of the molecule is O=C(CS(=O)(=O)Cc1cccnc1)C12CC3CC(CC(C3)C1)C2. The number of carbonyl (C=O) groups excluding carboxylic acids is 1. The fraction of sp³-hybridized carbons (Fsp3) is 0.667. The summed E-state index contributed by atoms with van der Waals surface area (Å²) in [6.07, 6.45) is 9.75. The molecule has 4 aliphatic carbocycles. The van der Waals surface area contributed by atoms with Crippen LogP contribution in [-0.2, 0) is 20.4 Å². The van der Waals surface area contributed by atoms with Crippen molar-refractivity contribution in [3.63, 3.8) is 0 Å². The van der Waals surface area contributed by atoms with Gasteiger partial charge in [0.1, 0.15) is 5.75 Å². The Hall–Kier alpha value is -1.23. The van der Waals surface area contributed by atoms with E-state index in [1.54, 1.807) is 24.5 Å². The van der Waals surface area contributed by atoms with Gasteiger partial charge in [-0.3, -0.25) is 9.78 Å². The third kappa shape index (κ3) is 2.95. The van der Waals surface area contributed by atoms with Gasteiger partial charge < -0.3 is 0 Å². The lowest BCUT2D eigenvalue weighted by Crippen LogP contribution is -2.51. The maximum atomic E-state index is 12.9. The second kappa shape index (κ2) is 5.40. The quantitative estimate of drug-likeness (QED) is 0.831. The molecule has 4 fully saturated rings. The van der Waals surface area contributed by atoms with Gasteiger partial charge in [-0.25, -0.2) is 8.42 Å². The van der Waals surface area contributed by atoms with Crippen molar-refractivity contribution in [2.24, 2.45) is 23.2 Å². The summed E-state index contributed by atoms with van der Waals surface area (Å²) in [7, 11) is -3.42. The second-order valence-corrected chi connectivity index (χ2v) is 10.1. The van der Waals surface area contributed by atoms with Crippen molar-refractivity contribution in [2.75, 3.05) is 5.75 Å². The van der Waals surface area contributed by atoms with Gasteiger partial charge in [-0.15, -0.1) is 0 Å². The van der Waals surface area contributed by atoms with E-state index in [-0.39, 0.29) is 22.7 Å². The van der Waals surface area contributed by atoms with Gasteiger partial charge in [-0.05, 0) is 67.9 Å². The van der Waals surface area contributed by atoms with E-state index >= 15 is 0 Å². The number of Topliss-reactive ketones (excluding diaryl/α,β-unsaturated/α-hetero) is 1. The molecule has 0 radical (unpaired) electrons. The molecule has 5 heteroatoms. The predicted molar refractivity (Wildman–Crippen MR) is 87.3 cm³/mol. The summed E-state index contributed by atoms with van der Waals surface area (Å²) in [4.78, 5) is 16.9. The molecule has 0 N–H and O–H groups in total. The molecular weight excluding hydrogens is 310 g/mol. The highest BCUT2D eigenvalue weighted by Gasteiger charge is 2.54. The maximum Gasteiger partial charge on any atom is 0.161 e. The Bertz CT molecular complexity index is 676. The maximum absolute atomic E-state index is 12.9. The Morgan fingerprint density at radius 2 is 1.74 bits per heavy atom. The average Bonchev–Trinajstić information content (AvgIpc) is 2.45. The standard InChI is InChI=1S/C18H23NO3S/c20-17(12-23(21,22)11-13-2-1-3-19-10-13)18-7-14-4-15(8-18)6-16(5-14)9-18/h1-3,10,14-16H,4-9,11-12H2. The Morgan fingerprint density at radius 1 is 1.13 bits per heavy atom. The van der Waals surface area contributed by atoms with Crippen molar-refractivity contribution >= 4 is 15.6 Å². The zero-order valence-electron chi connectivity index (χ0n) is 13.3. The number of pyridine rings is 1. The summed E-state index contributed by atoms with van der Waals surface area (Å²) in [5.74, 6) is 1.58. The highest BCUT2D eigenvalue weighted by molar-refractivity contribution is 7.91. The lowest BCUT2D eigenvalue weighted by molar-refractivity contribution is -0.141. The van der Waals surface area contributed by atoms with Gasteiger partial charge in [0, 0.05) is 17.8 Å². The molecule has 4 bridgehead atoms. The fourth-order valence-corrected chi connectivity index (χ4v) is 7.08. The molecule has 0 spiro atoms. The highest BCUT2D eigenvalue weighted by Crippen LogP contribution is 2.60. The molecule has 1 aromatic rings. The Morgan fingerprint density at radius 3 is 2.26 bits per heavy atom. The van der Waals surface area contributed by atoms with Crippen LogP contribution in [-0.4, -0.2) is 24.9 Å². The minimum Gasteiger partial charge on any atom is -0.298 e. The number of hydrogen-bond acceptors (Lipinski definition) is 4. The van der Waals surface area contributed by atoms with Crippen LogP contribution in [0.3, 0.4) is 0 Å². The van der Waals surface area contributed by atoms with Crippen LogP contribution >= 0.6 is 0 Å². The van der Waals surface area contributed by atoms with Crippen molar-refractivity contribution in [1.82, 2.24) is 4.98 Å². The monoisotopic (exact) mass is 333 g/mol. The molecule has 23 heavy (non-hydrogen) atoms.